The summed E-state index contributed by atoms with van der Waals surface area (Å²) in [4.78, 5) is 123. The molecule has 0 spiro atoms. The molecule has 20 heteroatoms. The molecule has 6 amide bonds. The van der Waals surface area contributed by atoms with Gasteiger partial charge >= 0.3 is 0 Å². The van der Waals surface area contributed by atoms with E-state index >= 15 is 0 Å². The Bertz CT molecular complexity index is 4430. The number of hydrogen-bond acceptors (Lipinski definition) is 12. The van der Waals surface area contributed by atoms with Crippen molar-refractivity contribution in [2.75, 3.05) is 86.7 Å². The van der Waals surface area contributed by atoms with Gasteiger partial charge in [0.05, 0.1) is 22.8 Å². The van der Waals surface area contributed by atoms with Gasteiger partial charge in [-0.05, 0) is 97.1 Å². The van der Waals surface area contributed by atoms with E-state index in [1.54, 1.807) is 58.9 Å². The van der Waals surface area contributed by atoms with Gasteiger partial charge in [0.15, 0.2) is 0 Å². The van der Waals surface area contributed by atoms with E-state index in [0.29, 0.717) is 136 Å². The van der Waals surface area contributed by atoms with Gasteiger partial charge in [0.2, 0.25) is 23.6 Å². The highest BCUT2D eigenvalue weighted by Gasteiger charge is 2.28. The fraction of sp³-hybridized carbons (Fsp3) is 0.189. The van der Waals surface area contributed by atoms with E-state index in [2.05, 4.69) is 51.0 Å². The maximum atomic E-state index is 14.8. The van der Waals surface area contributed by atoms with Crippen molar-refractivity contribution < 1.29 is 28.8 Å². The van der Waals surface area contributed by atoms with Crippen molar-refractivity contribution in [2.24, 2.45) is 0 Å². The molecular formula is C74H66N14O6. The highest BCUT2D eigenvalue weighted by Crippen LogP contribution is 2.43. The fourth-order valence-electron chi connectivity index (χ4n) is 12.9. The largest absolute Gasteiger partial charge is 0.354 e. The van der Waals surface area contributed by atoms with E-state index in [1.165, 1.54) is 0 Å². The first-order chi connectivity index (χ1) is 46.0. The van der Waals surface area contributed by atoms with E-state index in [1.807, 2.05) is 146 Å². The number of para-hydroxylation sites is 4. The molecule has 0 atom stereocenters. The van der Waals surface area contributed by atoms with Crippen LogP contribution < -0.4 is 21.3 Å². The number of anilines is 4. The number of rotatable bonds is 2. The Morgan fingerprint density at radius 3 is 0.915 bits per heavy atom. The van der Waals surface area contributed by atoms with E-state index in [-0.39, 0.29) is 113 Å². The van der Waals surface area contributed by atoms with Crippen molar-refractivity contribution in [1.82, 2.24) is 49.5 Å². The summed E-state index contributed by atoms with van der Waals surface area (Å²) < 4.78 is 0. The number of nitrogens with one attached hydrogen (secondary N) is 6. The maximum Gasteiger partial charge on any atom is 0.254 e. The van der Waals surface area contributed by atoms with Gasteiger partial charge in [0.1, 0.15) is 0 Å². The number of hydrogen-bond donors (Lipinski definition) is 6. The van der Waals surface area contributed by atoms with Crippen molar-refractivity contribution in [3.05, 3.63) is 204 Å². The molecule has 4 aromatic carbocycles. The van der Waals surface area contributed by atoms with E-state index in [4.69, 9.17) is 9.97 Å². The minimum Gasteiger partial charge on any atom is -0.354 e. The van der Waals surface area contributed by atoms with Crippen LogP contribution in [0.2, 0.25) is 0 Å². The van der Waals surface area contributed by atoms with Crippen molar-refractivity contribution in [3.63, 3.8) is 0 Å². The second-order valence-corrected chi connectivity index (χ2v) is 23.6. The predicted octanol–water partition coefficient (Wildman–Crippen LogP) is 11.4. The molecule has 5 aromatic heterocycles. The van der Waals surface area contributed by atoms with Gasteiger partial charge in [-0.3, -0.25) is 43.6 Å². The summed E-state index contributed by atoms with van der Waals surface area (Å²) in [5.41, 5.74) is 13.0. The van der Waals surface area contributed by atoms with Crippen LogP contribution in [0.15, 0.2) is 170 Å². The van der Waals surface area contributed by atoms with Crippen LogP contribution >= 0.6 is 0 Å². The minimum atomic E-state index is -0.334. The van der Waals surface area contributed by atoms with E-state index < -0.39 is 0 Å². The normalized spacial score (nSPS) is 17.1. The molecule has 468 valence electrons. The van der Waals surface area contributed by atoms with Crippen LogP contribution in [0.3, 0.4) is 0 Å². The third-order valence-corrected chi connectivity index (χ3v) is 17.7. The molecule has 0 saturated heterocycles. The molecule has 20 nitrogen and oxygen atoms in total. The molecule has 0 aliphatic carbocycles. The van der Waals surface area contributed by atoms with Crippen molar-refractivity contribution in [1.29, 1.82) is 0 Å². The van der Waals surface area contributed by atoms with Gasteiger partial charge in [0.25, 0.3) is 11.8 Å². The summed E-state index contributed by atoms with van der Waals surface area (Å²) in [6.45, 7) is 2.17. The molecule has 0 unspecified atom stereocenters. The minimum absolute atomic E-state index is 0.0337. The highest BCUT2D eigenvalue weighted by molar-refractivity contribution is 6.08. The van der Waals surface area contributed by atoms with Gasteiger partial charge in [-0.15, -0.1) is 0 Å². The van der Waals surface area contributed by atoms with Gasteiger partial charge < -0.3 is 45.9 Å². The summed E-state index contributed by atoms with van der Waals surface area (Å²) in [5.74, 6) is -1.79. The quantitative estimate of drug-likeness (QED) is 0.0946. The third kappa shape index (κ3) is 12.8. The summed E-state index contributed by atoms with van der Waals surface area (Å²) in [5, 5.41) is 13.1. The molecular weight excluding hydrogens is 1180 g/mol. The number of fused-ring (bicyclic) bond motifs is 19. The molecule has 15 rings (SSSR count). The van der Waals surface area contributed by atoms with Gasteiger partial charge in [-0.1, -0.05) is 72.8 Å². The number of benzene rings is 4. The molecule has 94 heavy (non-hydrogen) atoms. The second kappa shape index (κ2) is 26.8. The van der Waals surface area contributed by atoms with Crippen LogP contribution in [-0.4, -0.2) is 150 Å². The number of H-pyrrole nitrogens is 2. The first-order valence-corrected chi connectivity index (χ1v) is 31.6. The van der Waals surface area contributed by atoms with Crippen LogP contribution in [0, 0.1) is 0 Å². The fourth-order valence-corrected chi connectivity index (χ4v) is 12.9. The molecule has 6 N–H and O–H groups in total. The Morgan fingerprint density at radius 2 is 0.596 bits per heavy atom. The Hall–Kier alpha value is -11.5. The lowest BCUT2D eigenvalue weighted by atomic mass is 10.0. The smallest absolute Gasteiger partial charge is 0.254 e. The summed E-state index contributed by atoms with van der Waals surface area (Å²) in [6.07, 6.45) is 14.0. The number of nitrogens with zero attached hydrogens (tertiary/aromatic N) is 8. The topological polar surface area (TPSA) is 247 Å². The number of amides is 6. The molecule has 0 saturated carbocycles. The van der Waals surface area contributed by atoms with Gasteiger partial charge in [-0.2, -0.15) is 0 Å². The lowest BCUT2D eigenvalue weighted by molar-refractivity contribution is -0.117. The Kier molecular flexibility index (Phi) is 17.1. The van der Waals surface area contributed by atoms with Crippen molar-refractivity contribution in [2.45, 2.75) is 25.7 Å². The molecule has 6 aliphatic heterocycles. The van der Waals surface area contributed by atoms with Gasteiger partial charge in [-0.25, -0.2) is 9.97 Å². The first kappa shape index (κ1) is 60.1. The van der Waals surface area contributed by atoms with Crippen molar-refractivity contribution in [3.8, 4) is 44.5 Å². The lowest BCUT2D eigenvalue weighted by Gasteiger charge is -2.32. The summed E-state index contributed by atoms with van der Waals surface area (Å²) in [7, 11) is 0. The third-order valence-electron chi connectivity index (χ3n) is 17.7. The van der Waals surface area contributed by atoms with E-state index in [9.17, 15) is 28.8 Å². The van der Waals surface area contributed by atoms with Crippen LogP contribution in [0.4, 0.5) is 22.7 Å². The van der Waals surface area contributed by atoms with Crippen LogP contribution in [0.5, 0.6) is 0 Å². The monoisotopic (exact) mass is 1250 g/mol. The second-order valence-electron chi connectivity index (χ2n) is 23.6. The zero-order valence-corrected chi connectivity index (χ0v) is 51.4. The van der Waals surface area contributed by atoms with Crippen LogP contribution in [-0.2, 0) is 19.2 Å². The first-order valence-electron chi connectivity index (χ1n) is 31.6. The predicted molar refractivity (Wildman–Crippen MR) is 367 cm³/mol. The summed E-state index contributed by atoms with van der Waals surface area (Å²) in [6, 6.07) is 45.0. The summed E-state index contributed by atoms with van der Waals surface area (Å²) >= 11 is 0. The molecule has 14 bridgehead atoms. The number of aromatic amines is 2. The van der Waals surface area contributed by atoms with Crippen LogP contribution in [0.25, 0.3) is 90.9 Å². The standard InChI is InChI=1S/C74H66N14O6/c89-65-29-37-85-38-30-66(90)82-54-14-6-2-10-50(54)70-58-18-17-57(77-58)69(49-9-1-5-13-53(49)81-65)59-19-21-61(78-59)71-51-11-3-7-15-55(51)83-67(91)31-39-87(73(93)47-25-33-75-34-26-47)45-43-86(42-41-85)44-46-88(74(94)48-27-35-76-36-28-48)40-32-68(92)84-56-16-8-4-12-52(56)72(62-22-20-60(70)79-62)64-24-23-63(71)80-64/h1-28,33-36,78-79H,29-32,37-46H2,(H,81,89)(H,82,90)(H,83,91)(H,84,92). The maximum absolute atomic E-state index is 14.8. The SMILES string of the molecule is O=C1CCN2CCC(=O)Nc3ccccc3-c3c4nc(c(c5ccc([nH]5)c5c6nc(c(c7ccc3[nH]7)-c3ccccc3NC(=O)CCN(C(=O)c3ccncc3)CCN(CC2)CCN(C(=O)c2ccncc2)CCC(=O)Nc2ccccc2-5)C=C6)-c2ccccc2N1)C=C4. The molecule has 11 heterocycles. The molecule has 0 radical (unpaired) electrons. The van der Waals surface area contributed by atoms with Crippen molar-refractivity contribution >= 4 is 105 Å². The number of carbonyl (C=O) groups is 6. The molecule has 6 aliphatic rings. The zero-order valence-electron chi connectivity index (χ0n) is 51.4. The average Bonchev–Trinajstić information content (AvgIpc) is 1.62. The molecule has 9 aromatic rings. The average molecular weight is 1250 g/mol. The zero-order chi connectivity index (χ0) is 64.1. The Morgan fingerprint density at radius 1 is 0.319 bits per heavy atom. The van der Waals surface area contributed by atoms with Gasteiger partial charge in [0, 0.05) is 216 Å². The van der Waals surface area contributed by atoms with E-state index in [0.717, 1.165) is 0 Å². The number of pyridine rings is 2. The Labute approximate surface area is 541 Å². The number of aromatic nitrogens is 6. The lowest BCUT2D eigenvalue weighted by Crippen LogP contribution is -2.46. The van der Waals surface area contributed by atoms with Crippen LogP contribution in [0.1, 0.15) is 69.2 Å². The highest BCUT2D eigenvalue weighted by atomic mass is 16.2. The molecule has 0 fully saturated rings. The Balaban J connectivity index is 1.08. The number of carbonyl (C=O) groups excluding carboxylic acids is 6.